The van der Waals surface area contributed by atoms with Gasteiger partial charge in [-0.2, -0.15) is 0 Å². The van der Waals surface area contributed by atoms with Crippen molar-refractivity contribution in [2.75, 3.05) is 0 Å². The van der Waals surface area contributed by atoms with E-state index >= 15 is 0 Å². The highest BCUT2D eigenvalue weighted by atomic mass is 35.5. The summed E-state index contributed by atoms with van der Waals surface area (Å²) in [6.45, 7) is 5.01. The van der Waals surface area contributed by atoms with E-state index in [0.29, 0.717) is 12.7 Å². The minimum absolute atomic E-state index is 0.348. The average molecular weight is 227 g/mol. The molecule has 0 aliphatic carbocycles. The maximum absolute atomic E-state index is 5.80. The molecule has 2 heteroatoms. The minimum Gasteiger partial charge on any atom is -0.374 e. The van der Waals surface area contributed by atoms with Crippen molar-refractivity contribution in [3.8, 4) is 0 Å². The molecule has 0 saturated carbocycles. The highest BCUT2D eigenvalue weighted by Gasteiger charge is 2.01. The summed E-state index contributed by atoms with van der Waals surface area (Å²) in [6.07, 6.45) is 3.96. The van der Waals surface area contributed by atoms with Gasteiger partial charge in [0.2, 0.25) is 0 Å². The molecule has 0 spiro atoms. The first-order chi connectivity index (χ1) is 7.22. The third-order valence-electron chi connectivity index (χ3n) is 2.41. The van der Waals surface area contributed by atoms with Crippen molar-refractivity contribution < 1.29 is 4.74 Å². The molecule has 0 aliphatic rings. The van der Waals surface area contributed by atoms with Crippen LogP contribution in [0.1, 0.15) is 38.7 Å². The Labute approximate surface area is 97.4 Å². The van der Waals surface area contributed by atoms with Gasteiger partial charge in [0, 0.05) is 5.02 Å². The van der Waals surface area contributed by atoms with Crippen molar-refractivity contribution in [2.45, 2.75) is 45.8 Å². The number of unbranched alkanes of at least 4 members (excludes halogenated alkanes) is 1. The topological polar surface area (TPSA) is 9.23 Å². The molecule has 0 saturated heterocycles. The maximum atomic E-state index is 5.80. The molecule has 1 aromatic carbocycles. The Morgan fingerprint density at radius 3 is 2.53 bits per heavy atom. The summed E-state index contributed by atoms with van der Waals surface area (Å²) in [5.41, 5.74) is 1.18. The summed E-state index contributed by atoms with van der Waals surface area (Å²) in [6, 6.07) is 7.82. The summed E-state index contributed by atoms with van der Waals surface area (Å²) in [5, 5.41) is 0.776. The van der Waals surface area contributed by atoms with Crippen LogP contribution in [-0.2, 0) is 11.3 Å². The number of halogens is 1. The maximum Gasteiger partial charge on any atom is 0.0720 e. The normalized spacial score (nSPS) is 12.7. The molecule has 0 radical (unpaired) electrons. The molecule has 0 aliphatic heterocycles. The number of hydrogen-bond acceptors (Lipinski definition) is 1. The summed E-state index contributed by atoms with van der Waals surface area (Å²) >= 11 is 5.80. The molecule has 1 rings (SSSR count). The molecule has 0 amide bonds. The molecule has 0 heterocycles. The fourth-order valence-electron chi connectivity index (χ4n) is 1.39. The second kappa shape index (κ2) is 6.86. The SMILES string of the molecule is CCCCC(C)OCc1ccc(Cl)cc1. The largest absolute Gasteiger partial charge is 0.374 e. The predicted molar refractivity (Wildman–Crippen MR) is 65.2 cm³/mol. The number of benzene rings is 1. The van der Waals surface area contributed by atoms with Gasteiger partial charge in [-0.15, -0.1) is 0 Å². The van der Waals surface area contributed by atoms with E-state index in [1.165, 1.54) is 18.4 Å². The highest BCUT2D eigenvalue weighted by Crippen LogP contribution is 2.12. The van der Waals surface area contributed by atoms with Gasteiger partial charge >= 0.3 is 0 Å². The lowest BCUT2D eigenvalue weighted by Crippen LogP contribution is -2.07. The van der Waals surface area contributed by atoms with Crippen molar-refractivity contribution in [3.05, 3.63) is 34.9 Å². The smallest absolute Gasteiger partial charge is 0.0720 e. The van der Waals surface area contributed by atoms with Gasteiger partial charge in [0.05, 0.1) is 12.7 Å². The molecule has 0 fully saturated rings. The molecule has 1 unspecified atom stereocenters. The van der Waals surface area contributed by atoms with Gasteiger partial charge in [0.25, 0.3) is 0 Å². The van der Waals surface area contributed by atoms with E-state index in [9.17, 15) is 0 Å². The fraction of sp³-hybridized carbons (Fsp3) is 0.538. The van der Waals surface area contributed by atoms with Crippen LogP contribution < -0.4 is 0 Å². The standard InChI is InChI=1S/C13H19ClO/c1-3-4-5-11(2)15-10-12-6-8-13(14)9-7-12/h6-9,11H,3-5,10H2,1-2H3. The Kier molecular flexibility index (Phi) is 5.74. The van der Waals surface area contributed by atoms with Gasteiger partial charge < -0.3 is 4.74 Å². The second-order valence-corrected chi connectivity index (χ2v) is 4.33. The Bertz CT molecular complexity index is 268. The van der Waals surface area contributed by atoms with E-state index in [1.54, 1.807) is 0 Å². The Balaban J connectivity index is 2.27. The van der Waals surface area contributed by atoms with Crippen molar-refractivity contribution in [1.29, 1.82) is 0 Å². The summed E-state index contributed by atoms with van der Waals surface area (Å²) in [5.74, 6) is 0. The van der Waals surface area contributed by atoms with Gasteiger partial charge in [0.1, 0.15) is 0 Å². The van der Waals surface area contributed by atoms with E-state index in [4.69, 9.17) is 16.3 Å². The first-order valence-electron chi connectivity index (χ1n) is 5.58. The van der Waals surface area contributed by atoms with Gasteiger partial charge in [-0.3, -0.25) is 0 Å². The Morgan fingerprint density at radius 2 is 1.93 bits per heavy atom. The van der Waals surface area contributed by atoms with Crippen molar-refractivity contribution in [1.82, 2.24) is 0 Å². The van der Waals surface area contributed by atoms with Gasteiger partial charge in [-0.1, -0.05) is 43.5 Å². The predicted octanol–water partition coefficient (Wildman–Crippen LogP) is 4.44. The first-order valence-corrected chi connectivity index (χ1v) is 5.96. The van der Waals surface area contributed by atoms with Gasteiger partial charge in [-0.05, 0) is 31.0 Å². The van der Waals surface area contributed by atoms with Gasteiger partial charge in [-0.25, -0.2) is 0 Å². The highest BCUT2D eigenvalue weighted by molar-refractivity contribution is 6.30. The molecular formula is C13H19ClO. The molecule has 1 aromatic rings. The van der Waals surface area contributed by atoms with E-state index in [-0.39, 0.29) is 0 Å². The zero-order valence-electron chi connectivity index (χ0n) is 9.50. The third-order valence-corrected chi connectivity index (χ3v) is 2.66. The Morgan fingerprint density at radius 1 is 1.27 bits per heavy atom. The molecule has 84 valence electrons. The van der Waals surface area contributed by atoms with Crippen LogP contribution >= 0.6 is 11.6 Å². The van der Waals surface area contributed by atoms with E-state index < -0.39 is 0 Å². The Hall–Kier alpha value is -0.530. The molecule has 1 nitrogen and oxygen atoms in total. The minimum atomic E-state index is 0.348. The zero-order chi connectivity index (χ0) is 11.1. The summed E-state index contributed by atoms with van der Waals surface area (Å²) in [7, 11) is 0. The number of rotatable bonds is 6. The van der Waals surface area contributed by atoms with Crippen LogP contribution in [0.25, 0.3) is 0 Å². The van der Waals surface area contributed by atoms with Crippen LogP contribution in [0.2, 0.25) is 5.02 Å². The molecular weight excluding hydrogens is 208 g/mol. The van der Waals surface area contributed by atoms with Crippen LogP contribution in [-0.4, -0.2) is 6.10 Å². The van der Waals surface area contributed by atoms with Crippen LogP contribution in [0.4, 0.5) is 0 Å². The average Bonchev–Trinajstić information content (AvgIpc) is 2.25. The van der Waals surface area contributed by atoms with Crippen molar-refractivity contribution in [2.24, 2.45) is 0 Å². The lowest BCUT2D eigenvalue weighted by Gasteiger charge is -2.12. The van der Waals surface area contributed by atoms with Crippen LogP contribution in [0, 0.1) is 0 Å². The lowest BCUT2D eigenvalue weighted by molar-refractivity contribution is 0.0462. The van der Waals surface area contributed by atoms with E-state index in [2.05, 4.69) is 13.8 Å². The zero-order valence-corrected chi connectivity index (χ0v) is 10.3. The third kappa shape index (κ3) is 5.19. The molecule has 15 heavy (non-hydrogen) atoms. The monoisotopic (exact) mass is 226 g/mol. The van der Waals surface area contributed by atoms with Crippen LogP contribution in [0.3, 0.4) is 0 Å². The van der Waals surface area contributed by atoms with Crippen LogP contribution in [0.5, 0.6) is 0 Å². The molecule has 1 atom stereocenters. The molecule has 0 bridgehead atoms. The first kappa shape index (κ1) is 12.5. The van der Waals surface area contributed by atoms with E-state index in [0.717, 1.165) is 11.4 Å². The second-order valence-electron chi connectivity index (χ2n) is 3.89. The molecule has 0 aromatic heterocycles. The number of hydrogen-bond donors (Lipinski definition) is 0. The van der Waals surface area contributed by atoms with E-state index in [1.807, 2.05) is 24.3 Å². The van der Waals surface area contributed by atoms with Crippen molar-refractivity contribution in [3.63, 3.8) is 0 Å². The summed E-state index contributed by atoms with van der Waals surface area (Å²) in [4.78, 5) is 0. The lowest BCUT2D eigenvalue weighted by atomic mass is 10.2. The quantitative estimate of drug-likeness (QED) is 0.697. The van der Waals surface area contributed by atoms with Gasteiger partial charge in [0.15, 0.2) is 0 Å². The van der Waals surface area contributed by atoms with Crippen molar-refractivity contribution >= 4 is 11.6 Å². The number of ether oxygens (including phenoxy) is 1. The summed E-state index contributed by atoms with van der Waals surface area (Å²) < 4.78 is 5.73. The fourth-order valence-corrected chi connectivity index (χ4v) is 1.52. The van der Waals surface area contributed by atoms with Crippen LogP contribution in [0.15, 0.2) is 24.3 Å². The molecule has 0 N–H and O–H groups in total.